The Bertz CT molecular complexity index is 540. The number of nitrogens with two attached hydrogens (primary N) is 1. The molecule has 2 N–H and O–H groups in total. The molecule has 3 heteroatoms. The van der Waals surface area contributed by atoms with Crippen LogP contribution in [0.4, 0.5) is 0 Å². The summed E-state index contributed by atoms with van der Waals surface area (Å²) in [6, 6.07) is 16.6. The minimum atomic E-state index is -0.00706. The van der Waals surface area contributed by atoms with Crippen LogP contribution in [0.1, 0.15) is 24.1 Å². The van der Waals surface area contributed by atoms with Crippen LogP contribution < -0.4 is 10.5 Å². The van der Waals surface area contributed by atoms with Crippen molar-refractivity contribution < 1.29 is 4.74 Å². The molecule has 20 heavy (non-hydrogen) atoms. The van der Waals surface area contributed by atoms with E-state index in [1.54, 1.807) is 11.8 Å². The molecule has 0 amide bonds. The van der Waals surface area contributed by atoms with Gasteiger partial charge in [0.05, 0.1) is 6.61 Å². The molecule has 0 unspecified atom stereocenters. The average Bonchev–Trinajstić information content (AvgIpc) is 2.44. The van der Waals surface area contributed by atoms with Crippen LogP contribution in [-0.2, 0) is 0 Å². The van der Waals surface area contributed by atoms with Gasteiger partial charge in [0.1, 0.15) is 5.75 Å². The third kappa shape index (κ3) is 4.29. The average molecular weight is 287 g/mol. The molecule has 0 aliphatic rings. The van der Waals surface area contributed by atoms with Crippen molar-refractivity contribution in [3.63, 3.8) is 0 Å². The Balaban J connectivity index is 1.89. The van der Waals surface area contributed by atoms with Crippen molar-refractivity contribution in [3.05, 3.63) is 59.7 Å². The summed E-state index contributed by atoms with van der Waals surface area (Å²) in [6.45, 7) is 4.73. The van der Waals surface area contributed by atoms with E-state index in [-0.39, 0.29) is 6.04 Å². The predicted molar refractivity (Wildman–Crippen MR) is 86.4 cm³/mol. The number of benzene rings is 2. The summed E-state index contributed by atoms with van der Waals surface area (Å²) in [4.78, 5) is 1.27. The minimum absolute atomic E-state index is 0.00706. The van der Waals surface area contributed by atoms with Crippen molar-refractivity contribution in [1.82, 2.24) is 0 Å². The minimum Gasteiger partial charge on any atom is -0.492 e. The fourth-order valence-electron chi connectivity index (χ4n) is 1.97. The van der Waals surface area contributed by atoms with Gasteiger partial charge in [0.15, 0.2) is 0 Å². The quantitative estimate of drug-likeness (QED) is 0.639. The van der Waals surface area contributed by atoms with E-state index in [0.29, 0.717) is 6.61 Å². The van der Waals surface area contributed by atoms with Crippen LogP contribution in [0.15, 0.2) is 53.4 Å². The second kappa shape index (κ2) is 7.36. The van der Waals surface area contributed by atoms with E-state index in [9.17, 15) is 0 Å². The zero-order valence-electron chi connectivity index (χ0n) is 12.0. The van der Waals surface area contributed by atoms with E-state index in [1.165, 1.54) is 10.5 Å². The summed E-state index contributed by atoms with van der Waals surface area (Å²) in [7, 11) is 0. The zero-order chi connectivity index (χ0) is 14.4. The molecular weight excluding hydrogens is 266 g/mol. The Hall–Kier alpha value is -1.45. The smallest absolute Gasteiger partial charge is 0.124 e. The number of rotatable bonds is 6. The van der Waals surface area contributed by atoms with Gasteiger partial charge in [-0.25, -0.2) is 0 Å². The highest BCUT2D eigenvalue weighted by Gasteiger charge is 2.08. The van der Waals surface area contributed by atoms with E-state index in [4.69, 9.17) is 10.5 Å². The molecule has 0 saturated heterocycles. The first-order chi connectivity index (χ1) is 9.66. The summed E-state index contributed by atoms with van der Waals surface area (Å²) in [5.41, 5.74) is 8.24. The number of hydrogen-bond donors (Lipinski definition) is 1. The molecule has 2 aromatic rings. The van der Waals surface area contributed by atoms with Crippen molar-refractivity contribution in [2.75, 3.05) is 12.4 Å². The molecule has 2 nitrogen and oxygen atoms in total. The molecule has 0 heterocycles. The standard InChI is InChI=1S/C17H21NOS/c1-13-8-9-16(14(2)18)17(12-13)19-10-11-20-15-6-4-3-5-7-15/h3-9,12,14H,10-11,18H2,1-2H3/t14-/m0/s1. The first-order valence-electron chi connectivity index (χ1n) is 6.83. The number of hydrogen-bond acceptors (Lipinski definition) is 3. The van der Waals surface area contributed by atoms with E-state index in [0.717, 1.165) is 17.1 Å². The summed E-state index contributed by atoms with van der Waals surface area (Å²) in [5.74, 6) is 1.84. The largest absolute Gasteiger partial charge is 0.492 e. The van der Waals surface area contributed by atoms with E-state index < -0.39 is 0 Å². The Morgan fingerprint density at radius 1 is 1.15 bits per heavy atom. The Morgan fingerprint density at radius 2 is 1.90 bits per heavy atom. The molecule has 0 fully saturated rings. The second-order valence-corrected chi connectivity index (χ2v) is 6.01. The monoisotopic (exact) mass is 287 g/mol. The highest BCUT2D eigenvalue weighted by molar-refractivity contribution is 7.99. The topological polar surface area (TPSA) is 35.2 Å². The van der Waals surface area contributed by atoms with Gasteiger partial charge in [-0.3, -0.25) is 0 Å². The van der Waals surface area contributed by atoms with E-state index in [2.05, 4.69) is 49.4 Å². The third-order valence-corrected chi connectivity index (χ3v) is 3.99. The molecule has 1 atom stereocenters. The lowest BCUT2D eigenvalue weighted by Crippen LogP contribution is -2.09. The van der Waals surface area contributed by atoms with Crippen LogP contribution >= 0.6 is 11.8 Å². The number of thioether (sulfide) groups is 1. The first kappa shape index (κ1) is 14.9. The molecule has 0 aromatic heterocycles. The molecule has 0 aliphatic heterocycles. The third-order valence-electron chi connectivity index (χ3n) is 3.01. The lowest BCUT2D eigenvalue weighted by atomic mass is 10.1. The van der Waals surface area contributed by atoms with Crippen LogP contribution in [0.25, 0.3) is 0 Å². The zero-order valence-corrected chi connectivity index (χ0v) is 12.8. The summed E-state index contributed by atoms with van der Waals surface area (Å²) in [5, 5.41) is 0. The molecule has 106 valence electrons. The maximum atomic E-state index is 5.97. The highest BCUT2D eigenvalue weighted by Crippen LogP contribution is 2.25. The molecule has 0 bridgehead atoms. The van der Waals surface area contributed by atoms with Crippen LogP contribution in [0.3, 0.4) is 0 Å². The van der Waals surface area contributed by atoms with E-state index in [1.807, 2.05) is 13.0 Å². The van der Waals surface area contributed by atoms with Gasteiger partial charge in [0.2, 0.25) is 0 Å². The van der Waals surface area contributed by atoms with Gasteiger partial charge in [0, 0.05) is 22.3 Å². The van der Waals surface area contributed by atoms with Crippen molar-refractivity contribution in [2.45, 2.75) is 24.8 Å². The normalized spacial score (nSPS) is 12.2. The molecule has 0 radical (unpaired) electrons. The van der Waals surface area contributed by atoms with Gasteiger partial charge in [-0.1, -0.05) is 30.3 Å². The number of ether oxygens (including phenoxy) is 1. The van der Waals surface area contributed by atoms with Crippen molar-refractivity contribution in [3.8, 4) is 5.75 Å². The number of aryl methyl sites for hydroxylation is 1. The molecule has 0 aliphatic carbocycles. The van der Waals surface area contributed by atoms with Gasteiger partial charge >= 0.3 is 0 Å². The first-order valence-corrected chi connectivity index (χ1v) is 7.82. The van der Waals surface area contributed by atoms with Crippen molar-refractivity contribution in [1.29, 1.82) is 0 Å². The van der Waals surface area contributed by atoms with Crippen LogP contribution in [0, 0.1) is 6.92 Å². The van der Waals surface area contributed by atoms with Crippen molar-refractivity contribution in [2.24, 2.45) is 5.73 Å². The summed E-state index contributed by atoms with van der Waals surface area (Å²) >= 11 is 1.80. The summed E-state index contributed by atoms with van der Waals surface area (Å²) in [6.07, 6.45) is 0. The molecular formula is C17H21NOS. The Kier molecular flexibility index (Phi) is 5.50. The Morgan fingerprint density at radius 3 is 2.60 bits per heavy atom. The summed E-state index contributed by atoms with van der Waals surface area (Å²) < 4.78 is 5.90. The molecule has 0 saturated carbocycles. The fraction of sp³-hybridized carbons (Fsp3) is 0.294. The SMILES string of the molecule is Cc1ccc([C@H](C)N)c(OCCSc2ccccc2)c1. The Labute approximate surface area is 125 Å². The lowest BCUT2D eigenvalue weighted by molar-refractivity contribution is 0.338. The highest BCUT2D eigenvalue weighted by atomic mass is 32.2. The molecule has 2 rings (SSSR count). The predicted octanol–water partition coefficient (Wildman–Crippen LogP) is 4.19. The maximum absolute atomic E-state index is 5.97. The van der Waals surface area contributed by atoms with Crippen LogP contribution in [0.2, 0.25) is 0 Å². The maximum Gasteiger partial charge on any atom is 0.124 e. The van der Waals surface area contributed by atoms with Gasteiger partial charge in [-0.2, -0.15) is 0 Å². The van der Waals surface area contributed by atoms with Crippen LogP contribution in [0.5, 0.6) is 5.75 Å². The van der Waals surface area contributed by atoms with Gasteiger partial charge < -0.3 is 10.5 Å². The van der Waals surface area contributed by atoms with E-state index >= 15 is 0 Å². The molecule has 0 spiro atoms. The van der Waals surface area contributed by atoms with Crippen LogP contribution in [-0.4, -0.2) is 12.4 Å². The van der Waals surface area contributed by atoms with Gasteiger partial charge in [-0.15, -0.1) is 11.8 Å². The van der Waals surface area contributed by atoms with Crippen molar-refractivity contribution >= 4 is 11.8 Å². The van der Waals surface area contributed by atoms with Gasteiger partial charge in [0.25, 0.3) is 0 Å². The second-order valence-electron chi connectivity index (χ2n) is 4.84. The lowest BCUT2D eigenvalue weighted by Gasteiger charge is -2.14. The fourth-order valence-corrected chi connectivity index (χ4v) is 2.72. The van der Waals surface area contributed by atoms with Gasteiger partial charge in [-0.05, 0) is 37.6 Å². The molecule has 2 aromatic carbocycles.